The van der Waals surface area contributed by atoms with Crippen molar-refractivity contribution in [2.24, 2.45) is 0 Å². The van der Waals surface area contributed by atoms with Gasteiger partial charge in [0, 0.05) is 17.3 Å². The van der Waals surface area contributed by atoms with E-state index in [1.807, 2.05) is 36.7 Å². The van der Waals surface area contributed by atoms with Crippen molar-refractivity contribution in [2.45, 2.75) is 26.3 Å². The monoisotopic (exact) mass is 272 g/mol. The fraction of sp³-hybridized carbons (Fsp3) is 0.286. The van der Waals surface area contributed by atoms with Gasteiger partial charge in [0.2, 0.25) is 0 Å². The third-order valence-electron chi connectivity index (χ3n) is 3.32. The van der Waals surface area contributed by atoms with E-state index in [4.69, 9.17) is 5.73 Å². The summed E-state index contributed by atoms with van der Waals surface area (Å²) in [5.41, 5.74) is 8.65. The van der Waals surface area contributed by atoms with Gasteiger partial charge in [0.15, 0.2) is 0 Å². The van der Waals surface area contributed by atoms with Crippen LogP contribution in [0.3, 0.4) is 0 Å². The van der Waals surface area contributed by atoms with Gasteiger partial charge in [-0.3, -0.25) is 0 Å². The maximum Gasteiger partial charge on any atom is 0.115 e. The molecule has 3 rings (SSSR count). The van der Waals surface area contributed by atoms with Crippen LogP contribution in [0.5, 0.6) is 0 Å². The molecule has 2 N–H and O–H groups in total. The average molecular weight is 272 g/mol. The molecule has 0 saturated carbocycles. The highest BCUT2D eigenvalue weighted by Gasteiger charge is 2.19. The Morgan fingerprint density at radius 3 is 2.95 bits per heavy atom. The summed E-state index contributed by atoms with van der Waals surface area (Å²) in [6, 6.07) is 6.14. The highest BCUT2D eigenvalue weighted by molar-refractivity contribution is 7.09. The molecule has 0 spiro atoms. The van der Waals surface area contributed by atoms with Crippen molar-refractivity contribution in [3.05, 3.63) is 40.6 Å². The number of thiazole rings is 1. The highest BCUT2D eigenvalue weighted by atomic mass is 32.1. The molecule has 0 aliphatic carbocycles. The van der Waals surface area contributed by atoms with Crippen LogP contribution in [-0.4, -0.2) is 14.5 Å². The first-order chi connectivity index (χ1) is 9.20. The largest absolute Gasteiger partial charge is 0.399 e. The van der Waals surface area contributed by atoms with E-state index < -0.39 is 0 Å². The number of nitrogens with two attached hydrogens (primary N) is 1. The number of hydrogen-bond acceptors (Lipinski definition) is 4. The Balaban J connectivity index is 2.21. The predicted octanol–water partition coefficient (Wildman–Crippen LogP) is 3.38. The Labute approximate surface area is 115 Å². The van der Waals surface area contributed by atoms with Gasteiger partial charge in [0.05, 0.1) is 17.1 Å². The first kappa shape index (κ1) is 12.2. The SMILES string of the molecule is CCC(c1nccs1)n1c(C)nc2cc(N)ccc21. The van der Waals surface area contributed by atoms with Crippen molar-refractivity contribution in [2.75, 3.05) is 5.73 Å². The van der Waals surface area contributed by atoms with Crippen LogP contribution in [0.4, 0.5) is 5.69 Å². The van der Waals surface area contributed by atoms with E-state index in [9.17, 15) is 0 Å². The average Bonchev–Trinajstić information content (AvgIpc) is 2.99. The number of fused-ring (bicyclic) bond motifs is 1. The minimum atomic E-state index is 0.244. The molecule has 98 valence electrons. The van der Waals surface area contributed by atoms with Crippen LogP contribution in [-0.2, 0) is 0 Å². The minimum Gasteiger partial charge on any atom is -0.399 e. The number of benzene rings is 1. The zero-order valence-electron chi connectivity index (χ0n) is 11.0. The molecule has 0 fully saturated rings. The van der Waals surface area contributed by atoms with Gasteiger partial charge in [-0.25, -0.2) is 9.97 Å². The van der Waals surface area contributed by atoms with Crippen molar-refractivity contribution < 1.29 is 0 Å². The Kier molecular flexibility index (Phi) is 2.98. The molecule has 3 aromatic rings. The molecule has 0 bridgehead atoms. The standard InChI is InChI=1S/C14H16N4S/c1-3-12(14-16-6-7-19-14)18-9(2)17-11-8-10(15)4-5-13(11)18/h4-8,12H,3,15H2,1-2H3. The van der Waals surface area contributed by atoms with Crippen molar-refractivity contribution in [1.82, 2.24) is 14.5 Å². The highest BCUT2D eigenvalue weighted by Crippen LogP contribution is 2.30. The lowest BCUT2D eigenvalue weighted by Gasteiger charge is -2.17. The lowest BCUT2D eigenvalue weighted by atomic mass is 10.2. The van der Waals surface area contributed by atoms with E-state index in [0.29, 0.717) is 0 Å². The first-order valence-electron chi connectivity index (χ1n) is 6.34. The number of nitrogen functional groups attached to an aromatic ring is 1. The van der Waals surface area contributed by atoms with Crippen LogP contribution in [0.1, 0.15) is 30.2 Å². The fourth-order valence-corrected chi connectivity index (χ4v) is 3.31. The molecule has 0 aliphatic heterocycles. The van der Waals surface area contributed by atoms with E-state index >= 15 is 0 Å². The van der Waals surface area contributed by atoms with Crippen LogP contribution < -0.4 is 5.73 Å². The lowest BCUT2D eigenvalue weighted by Crippen LogP contribution is -2.11. The maximum atomic E-state index is 5.83. The van der Waals surface area contributed by atoms with Gasteiger partial charge in [-0.15, -0.1) is 11.3 Å². The van der Waals surface area contributed by atoms with Crippen LogP contribution in [0.15, 0.2) is 29.8 Å². The van der Waals surface area contributed by atoms with Crippen LogP contribution >= 0.6 is 11.3 Å². The summed E-state index contributed by atoms with van der Waals surface area (Å²) >= 11 is 1.69. The number of hydrogen-bond donors (Lipinski definition) is 1. The summed E-state index contributed by atoms with van der Waals surface area (Å²) in [5.74, 6) is 1.00. The third kappa shape index (κ3) is 2.00. The van der Waals surface area contributed by atoms with E-state index in [-0.39, 0.29) is 6.04 Å². The Bertz CT molecular complexity index is 700. The van der Waals surface area contributed by atoms with Gasteiger partial charge in [0.1, 0.15) is 10.8 Å². The molecule has 5 heteroatoms. The zero-order valence-corrected chi connectivity index (χ0v) is 11.8. The molecule has 1 aromatic carbocycles. The molecular formula is C14H16N4S. The minimum absolute atomic E-state index is 0.244. The lowest BCUT2D eigenvalue weighted by molar-refractivity contribution is 0.564. The molecule has 0 amide bonds. The molecule has 19 heavy (non-hydrogen) atoms. The second-order valence-corrected chi connectivity index (χ2v) is 5.50. The van der Waals surface area contributed by atoms with Crippen molar-refractivity contribution in [1.29, 1.82) is 0 Å². The second-order valence-electron chi connectivity index (χ2n) is 4.57. The Hall–Kier alpha value is -1.88. The second kappa shape index (κ2) is 4.66. The maximum absolute atomic E-state index is 5.83. The normalized spacial score (nSPS) is 12.9. The van der Waals surface area contributed by atoms with Gasteiger partial charge in [0.25, 0.3) is 0 Å². The molecule has 1 atom stereocenters. The summed E-state index contributed by atoms with van der Waals surface area (Å²) in [5, 5.41) is 3.14. The van der Waals surface area contributed by atoms with Crippen molar-refractivity contribution >= 4 is 28.1 Å². The number of imidazole rings is 1. The Morgan fingerprint density at radius 2 is 2.26 bits per heavy atom. The zero-order chi connectivity index (χ0) is 13.4. The van der Waals surface area contributed by atoms with Crippen LogP contribution in [0, 0.1) is 6.92 Å². The van der Waals surface area contributed by atoms with Gasteiger partial charge in [-0.2, -0.15) is 0 Å². The number of nitrogens with zero attached hydrogens (tertiary/aromatic N) is 3. The molecule has 2 aromatic heterocycles. The molecule has 4 nitrogen and oxygen atoms in total. The number of aryl methyl sites for hydroxylation is 1. The summed E-state index contributed by atoms with van der Waals surface area (Å²) < 4.78 is 2.26. The number of anilines is 1. The summed E-state index contributed by atoms with van der Waals surface area (Å²) in [6.07, 6.45) is 2.85. The summed E-state index contributed by atoms with van der Waals surface area (Å²) in [7, 11) is 0. The van der Waals surface area contributed by atoms with E-state index in [1.54, 1.807) is 11.3 Å². The number of rotatable bonds is 3. The van der Waals surface area contributed by atoms with Crippen molar-refractivity contribution in [3.8, 4) is 0 Å². The van der Waals surface area contributed by atoms with E-state index in [0.717, 1.165) is 34.0 Å². The van der Waals surface area contributed by atoms with Gasteiger partial charge in [-0.05, 0) is 31.5 Å². The molecule has 0 aliphatic rings. The van der Waals surface area contributed by atoms with Crippen LogP contribution in [0.2, 0.25) is 0 Å². The molecule has 2 heterocycles. The van der Waals surface area contributed by atoms with Crippen molar-refractivity contribution in [3.63, 3.8) is 0 Å². The first-order valence-corrected chi connectivity index (χ1v) is 7.22. The molecule has 1 unspecified atom stereocenters. The summed E-state index contributed by atoms with van der Waals surface area (Å²) in [6.45, 7) is 4.21. The Morgan fingerprint density at radius 1 is 1.42 bits per heavy atom. The van der Waals surface area contributed by atoms with Crippen LogP contribution in [0.25, 0.3) is 11.0 Å². The quantitative estimate of drug-likeness (QED) is 0.744. The molecule has 0 saturated heterocycles. The molecule has 0 radical (unpaired) electrons. The number of aromatic nitrogens is 3. The van der Waals surface area contributed by atoms with E-state index in [2.05, 4.69) is 21.5 Å². The predicted molar refractivity (Wildman–Crippen MR) is 79.4 cm³/mol. The van der Waals surface area contributed by atoms with E-state index in [1.165, 1.54) is 0 Å². The fourth-order valence-electron chi connectivity index (χ4n) is 2.50. The topological polar surface area (TPSA) is 56.7 Å². The van der Waals surface area contributed by atoms with Gasteiger partial charge < -0.3 is 10.3 Å². The van der Waals surface area contributed by atoms with Gasteiger partial charge >= 0.3 is 0 Å². The summed E-state index contributed by atoms with van der Waals surface area (Å²) in [4.78, 5) is 9.07. The third-order valence-corrected chi connectivity index (χ3v) is 4.20. The smallest absolute Gasteiger partial charge is 0.115 e. The molecular weight excluding hydrogens is 256 g/mol. The van der Waals surface area contributed by atoms with Gasteiger partial charge in [-0.1, -0.05) is 6.92 Å².